The molecule has 1 fully saturated rings. The predicted octanol–water partition coefficient (Wildman–Crippen LogP) is 2.47. The zero-order valence-electron chi connectivity index (χ0n) is 7.81. The molecule has 0 N–H and O–H groups in total. The van der Waals surface area contributed by atoms with Crippen molar-refractivity contribution in [1.29, 1.82) is 5.26 Å². The quantitative estimate of drug-likeness (QED) is 0.685. The predicted molar refractivity (Wildman–Crippen MR) is 54.0 cm³/mol. The van der Waals surface area contributed by atoms with E-state index in [9.17, 15) is 4.79 Å². The van der Waals surface area contributed by atoms with Crippen LogP contribution in [0.25, 0.3) is 0 Å². The average Bonchev–Trinajstić information content (AvgIpc) is 2.60. The van der Waals surface area contributed by atoms with Crippen molar-refractivity contribution in [3.8, 4) is 6.07 Å². The Morgan fingerprint density at radius 2 is 2.20 bits per heavy atom. The van der Waals surface area contributed by atoms with E-state index in [2.05, 4.69) is 0 Å². The Morgan fingerprint density at radius 1 is 1.47 bits per heavy atom. The average molecular weight is 222 g/mol. The number of nitrogens with zero attached hydrogens (tertiary/aromatic N) is 1. The number of esters is 1. The van der Waals surface area contributed by atoms with Gasteiger partial charge in [0.1, 0.15) is 12.0 Å². The van der Waals surface area contributed by atoms with E-state index in [1.54, 1.807) is 12.1 Å². The molecule has 1 aromatic carbocycles. The van der Waals surface area contributed by atoms with E-state index >= 15 is 0 Å². The molecule has 3 nitrogen and oxygen atoms in total. The van der Waals surface area contributed by atoms with Gasteiger partial charge in [-0.2, -0.15) is 5.26 Å². The Bertz CT molecular complexity index is 438. The lowest BCUT2D eigenvalue weighted by atomic mass is 10.0. The Labute approximate surface area is 92.2 Å². The topological polar surface area (TPSA) is 50.1 Å². The smallest absolute Gasteiger partial charge is 0.324 e. The van der Waals surface area contributed by atoms with Crippen molar-refractivity contribution in [2.75, 3.05) is 0 Å². The van der Waals surface area contributed by atoms with E-state index in [1.165, 1.54) is 0 Å². The second-order valence-corrected chi connectivity index (χ2v) is 3.77. The molecule has 2 atom stereocenters. The van der Waals surface area contributed by atoms with Gasteiger partial charge in [-0.25, -0.2) is 0 Å². The highest BCUT2D eigenvalue weighted by atomic mass is 35.5. The monoisotopic (exact) mass is 221 g/mol. The lowest BCUT2D eigenvalue weighted by Crippen LogP contribution is -2.03. The third-order valence-electron chi connectivity index (χ3n) is 2.40. The highest BCUT2D eigenvalue weighted by molar-refractivity contribution is 6.31. The van der Waals surface area contributed by atoms with Crippen molar-refractivity contribution >= 4 is 17.6 Å². The summed E-state index contributed by atoms with van der Waals surface area (Å²) in [6.45, 7) is 0. The van der Waals surface area contributed by atoms with E-state index < -0.39 is 11.9 Å². The van der Waals surface area contributed by atoms with Crippen LogP contribution in [0.5, 0.6) is 0 Å². The van der Waals surface area contributed by atoms with Crippen molar-refractivity contribution in [3.05, 3.63) is 34.9 Å². The molecule has 0 aromatic heterocycles. The Balaban J connectivity index is 2.25. The lowest BCUT2D eigenvalue weighted by Gasteiger charge is -2.10. The summed E-state index contributed by atoms with van der Waals surface area (Å²) in [5, 5.41) is 9.25. The maximum absolute atomic E-state index is 11.2. The largest absolute Gasteiger partial charge is 0.456 e. The third-order valence-corrected chi connectivity index (χ3v) is 2.74. The molecule has 15 heavy (non-hydrogen) atoms. The summed E-state index contributed by atoms with van der Waals surface area (Å²) in [6.07, 6.45) is 0.00912. The number of halogens is 1. The zero-order valence-corrected chi connectivity index (χ0v) is 8.57. The number of ether oxygens (including phenoxy) is 1. The number of benzene rings is 1. The van der Waals surface area contributed by atoms with Gasteiger partial charge in [0.15, 0.2) is 0 Å². The lowest BCUT2D eigenvalue weighted by molar-refractivity contribution is -0.143. The molecule has 1 aliphatic heterocycles. The van der Waals surface area contributed by atoms with Gasteiger partial charge in [-0.3, -0.25) is 4.79 Å². The van der Waals surface area contributed by atoms with Gasteiger partial charge in [0, 0.05) is 17.0 Å². The molecule has 1 aromatic rings. The maximum atomic E-state index is 11.2. The fourth-order valence-electron chi connectivity index (χ4n) is 1.61. The van der Waals surface area contributed by atoms with Crippen LogP contribution in [-0.2, 0) is 9.53 Å². The minimum Gasteiger partial charge on any atom is -0.456 e. The molecule has 76 valence electrons. The van der Waals surface area contributed by atoms with Gasteiger partial charge >= 0.3 is 5.97 Å². The van der Waals surface area contributed by atoms with Crippen molar-refractivity contribution in [2.24, 2.45) is 5.92 Å². The minimum atomic E-state index is -0.661. The summed E-state index contributed by atoms with van der Waals surface area (Å²) >= 11 is 5.97. The van der Waals surface area contributed by atoms with Gasteiger partial charge in [-0.05, 0) is 6.07 Å². The summed E-state index contributed by atoms with van der Waals surface area (Å²) in [4.78, 5) is 11.2. The summed E-state index contributed by atoms with van der Waals surface area (Å²) in [6, 6.07) is 9.10. The van der Waals surface area contributed by atoms with Gasteiger partial charge in [-0.15, -0.1) is 0 Å². The van der Waals surface area contributed by atoms with Crippen LogP contribution in [0.15, 0.2) is 24.3 Å². The first-order valence-electron chi connectivity index (χ1n) is 4.57. The molecule has 0 bridgehead atoms. The van der Waals surface area contributed by atoms with Crippen molar-refractivity contribution in [2.45, 2.75) is 12.5 Å². The number of hydrogen-bond acceptors (Lipinski definition) is 3. The molecule has 1 saturated heterocycles. The zero-order chi connectivity index (χ0) is 10.8. The standard InChI is InChI=1S/C11H8ClNO2/c12-9-4-2-1-3-8(9)10-5-7(6-13)11(14)15-10/h1-4,7,10H,5H2. The molecule has 2 rings (SSSR count). The number of cyclic esters (lactones) is 1. The van der Waals surface area contributed by atoms with Gasteiger partial charge < -0.3 is 4.74 Å². The molecule has 1 heterocycles. The fourth-order valence-corrected chi connectivity index (χ4v) is 1.87. The van der Waals surface area contributed by atoms with Gasteiger partial charge in [0.2, 0.25) is 0 Å². The van der Waals surface area contributed by atoms with Crippen LogP contribution in [0.1, 0.15) is 18.1 Å². The SMILES string of the molecule is N#CC1CC(c2ccccc2Cl)OC1=O. The number of rotatable bonds is 1. The molecule has 0 amide bonds. The fraction of sp³-hybridized carbons (Fsp3) is 0.273. The second-order valence-electron chi connectivity index (χ2n) is 3.36. The van der Waals surface area contributed by atoms with Crippen molar-refractivity contribution in [3.63, 3.8) is 0 Å². The minimum absolute atomic E-state index is 0.379. The highest BCUT2D eigenvalue weighted by Crippen LogP contribution is 2.36. The molecular weight excluding hydrogens is 214 g/mol. The summed E-state index contributed by atoms with van der Waals surface area (Å²) in [5.74, 6) is -1.12. The molecule has 0 radical (unpaired) electrons. The van der Waals surface area contributed by atoms with Crippen LogP contribution in [0.4, 0.5) is 0 Å². The second kappa shape index (κ2) is 3.92. The van der Waals surface area contributed by atoms with E-state index in [0.29, 0.717) is 11.4 Å². The Hall–Kier alpha value is -1.53. The number of nitriles is 1. The van der Waals surface area contributed by atoms with Crippen LogP contribution in [0, 0.1) is 17.2 Å². The maximum Gasteiger partial charge on any atom is 0.324 e. The van der Waals surface area contributed by atoms with Crippen LogP contribution in [0.2, 0.25) is 5.02 Å². The highest BCUT2D eigenvalue weighted by Gasteiger charge is 2.36. The van der Waals surface area contributed by atoms with Gasteiger partial charge in [0.25, 0.3) is 0 Å². The Morgan fingerprint density at radius 3 is 2.80 bits per heavy atom. The molecule has 2 unspecified atom stereocenters. The summed E-state index contributed by atoms with van der Waals surface area (Å²) < 4.78 is 5.09. The molecule has 4 heteroatoms. The molecule has 0 aliphatic carbocycles. The van der Waals surface area contributed by atoms with E-state index in [-0.39, 0.29) is 6.10 Å². The molecule has 0 saturated carbocycles. The normalized spacial score (nSPS) is 24.7. The summed E-state index contributed by atoms with van der Waals surface area (Å²) in [5.41, 5.74) is 0.769. The number of hydrogen-bond donors (Lipinski definition) is 0. The molecular formula is C11H8ClNO2. The van der Waals surface area contributed by atoms with Crippen LogP contribution >= 0.6 is 11.6 Å². The van der Waals surface area contributed by atoms with Gasteiger partial charge in [-0.1, -0.05) is 29.8 Å². The van der Waals surface area contributed by atoms with Gasteiger partial charge in [0.05, 0.1) is 6.07 Å². The van der Waals surface area contributed by atoms with Crippen molar-refractivity contribution < 1.29 is 9.53 Å². The van der Waals surface area contributed by atoms with E-state index in [1.807, 2.05) is 18.2 Å². The number of carbonyl (C=O) groups is 1. The first-order chi connectivity index (χ1) is 7.22. The summed E-state index contributed by atoms with van der Waals surface area (Å²) in [7, 11) is 0. The molecule has 0 spiro atoms. The Kier molecular flexibility index (Phi) is 2.61. The van der Waals surface area contributed by atoms with E-state index in [4.69, 9.17) is 21.6 Å². The first kappa shape index (κ1) is 10.0. The number of carbonyl (C=O) groups excluding carboxylic acids is 1. The first-order valence-corrected chi connectivity index (χ1v) is 4.94. The van der Waals surface area contributed by atoms with Crippen LogP contribution in [0.3, 0.4) is 0 Å². The van der Waals surface area contributed by atoms with Crippen molar-refractivity contribution in [1.82, 2.24) is 0 Å². The van der Waals surface area contributed by atoms with E-state index in [0.717, 1.165) is 5.56 Å². The van der Waals surface area contributed by atoms with Crippen LogP contribution in [-0.4, -0.2) is 5.97 Å². The third kappa shape index (κ3) is 1.81. The molecule has 1 aliphatic rings. The van der Waals surface area contributed by atoms with Crippen LogP contribution < -0.4 is 0 Å².